The van der Waals surface area contributed by atoms with Gasteiger partial charge in [-0.3, -0.25) is 4.79 Å². The number of carbonyl (C=O) groups is 1. The Morgan fingerprint density at radius 2 is 2.00 bits per heavy atom. The highest BCUT2D eigenvalue weighted by atomic mass is 127. The number of ether oxygens (including phenoxy) is 1. The van der Waals surface area contributed by atoms with Crippen LogP contribution >= 0.6 is 24.0 Å². The molecule has 0 aromatic heterocycles. The van der Waals surface area contributed by atoms with Gasteiger partial charge in [0, 0.05) is 34.2 Å². The van der Waals surface area contributed by atoms with Crippen molar-refractivity contribution in [2.45, 2.75) is 26.3 Å². The fraction of sp³-hybridized carbons (Fsp3) is 0.556. The number of hydrogen-bond donors (Lipinski definition) is 1. The van der Waals surface area contributed by atoms with Crippen molar-refractivity contribution in [1.82, 2.24) is 15.1 Å². The molecule has 0 aliphatic heterocycles. The fourth-order valence-corrected chi connectivity index (χ4v) is 2.13. The normalized spacial score (nSPS) is 10.8. The minimum atomic E-state index is -0.395. The number of rotatable bonds is 8. The van der Waals surface area contributed by atoms with E-state index in [9.17, 15) is 9.18 Å². The van der Waals surface area contributed by atoms with Crippen LogP contribution in [0.5, 0.6) is 5.75 Å². The molecule has 0 spiro atoms. The summed E-state index contributed by atoms with van der Waals surface area (Å²) in [5, 5.41) is 3.26. The molecule has 1 N–H and O–H groups in total. The number of nitrogens with one attached hydrogen (secondary N) is 1. The lowest BCUT2D eigenvalue weighted by molar-refractivity contribution is -0.127. The van der Waals surface area contributed by atoms with Crippen molar-refractivity contribution < 1.29 is 13.9 Å². The highest BCUT2D eigenvalue weighted by molar-refractivity contribution is 14.0. The van der Waals surface area contributed by atoms with Crippen LogP contribution < -0.4 is 10.1 Å². The molecule has 26 heavy (non-hydrogen) atoms. The van der Waals surface area contributed by atoms with E-state index in [1.54, 1.807) is 20.2 Å². The van der Waals surface area contributed by atoms with E-state index >= 15 is 0 Å². The molecule has 0 aliphatic rings. The standard InChI is InChI=1S/C18H29FN4O2.HI/c1-6-7-10-20-18(21-12-17(24)22(2)3)23(4)13-14-8-9-16(25-5)15(19)11-14;/h8-9,11H,6-7,10,12-13H2,1-5H3,(H,20,21);1H. The van der Waals surface area contributed by atoms with E-state index in [-0.39, 0.29) is 42.2 Å². The first-order valence-corrected chi connectivity index (χ1v) is 8.41. The van der Waals surface area contributed by atoms with Crippen LogP contribution in [0.4, 0.5) is 4.39 Å². The molecule has 0 saturated carbocycles. The van der Waals surface area contributed by atoms with Crippen LogP contribution in [0.25, 0.3) is 0 Å². The second-order valence-electron chi connectivity index (χ2n) is 6.03. The summed E-state index contributed by atoms with van der Waals surface area (Å²) in [5.41, 5.74) is 0.796. The number of halogens is 2. The zero-order valence-corrected chi connectivity index (χ0v) is 18.5. The van der Waals surface area contributed by atoms with Gasteiger partial charge in [-0.15, -0.1) is 24.0 Å². The number of methoxy groups -OCH3 is 1. The first kappa shape index (κ1) is 24.4. The van der Waals surface area contributed by atoms with Crippen molar-refractivity contribution in [1.29, 1.82) is 0 Å². The molecule has 0 heterocycles. The number of guanidine groups is 1. The third-order valence-electron chi connectivity index (χ3n) is 3.67. The Labute approximate surface area is 172 Å². The molecule has 1 aromatic carbocycles. The van der Waals surface area contributed by atoms with Crippen LogP contribution in [0.2, 0.25) is 0 Å². The lowest BCUT2D eigenvalue weighted by atomic mass is 10.2. The van der Waals surface area contributed by atoms with Gasteiger partial charge >= 0.3 is 0 Å². The second-order valence-corrected chi connectivity index (χ2v) is 6.03. The average Bonchev–Trinajstić information content (AvgIpc) is 2.57. The van der Waals surface area contributed by atoms with Crippen LogP contribution in [0.15, 0.2) is 23.2 Å². The maximum Gasteiger partial charge on any atom is 0.243 e. The molecule has 0 unspecified atom stereocenters. The van der Waals surface area contributed by atoms with Crippen LogP contribution in [0.3, 0.4) is 0 Å². The summed E-state index contributed by atoms with van der Waals surface area (Å²) in [4.78, 5) is 19.6. The van der Waals surface area contributed by atoms with Gasteiger partial charge in [0.1, 0.15) is 6.54 Å². The number of hydrogen-bond acceptors (Lipinski definition) is 3. The van der Waals surface area contributed by atoms with E-state index in [4.69, 9.17) is 4.74 Å². The van der Waals surface area contributed by atoms with Crippen molar-refractivity contribution in [3.63, 3.8) is 0 Å². The van der Waals surface area contributed by atoms with E-state index in [1.807, 2.05) is 18.0 Å². The maximum absolute atomic E-state index is 13.9. The highest BCUT2D eigenvalue weighted by Crippen LogP contribution is 2.18. The van der Waals surface area contributed by atoms with Crippen LogP contribution in [0, 0.1) is 5.82 Å². The van der Waals surface area contributed by atoms with Gasteiger partial charge in [-0.2, -0.15) is 0 Å². The van der Waals surface area contributed by atoms with Crippen molar-refractivity contribution in [3.8, 4) is 5.75 Å². The number of likely N-dealkylation sites (N-methyl/N-ethyl adjacent to an activating group) is 1. The Morgan fingerprint density at radius 3 is 2.54 bits per heavy atom. The second kappa shape index (κ2) is 12.7. The minimum Gasteiger partial charge on any atom is -0.494 e. The monoisotopic (exact) mass is 480 g/mol. The summed E-state index contributed by atoms with van der Waals surface area (Å²) in [7, 11) is 6.70. The summed E-state index contributed by atoms with van der Waals surface area (Å²) < 4.78 is 18.8. The Kier molecular flexibility index (Phi) is 11.9. The fourth-order valence-electron chi connectivity index (χ4n) is 2.13. The van der Waals surface area contributed by atoms with Crippen molar-refractivity contribution >= 4 is 35.8 Å². The molecule has 0 saturated heterocycles. The molecule has 0 bridgehead atoms. The predicted octanol–water partition coefficient (Wildman–Crippen LogP) is 2.72. The molecule has 1 amide bonds. The SMILES string of the molecule is CCCCNC(=NCC(=O)N(C)C)N(C)Cc1ccc(OC)c(F)c1.I. The first-order chi connectivity index (χ1) is 11.9. The Hall–Kier alpha value is -1.58. The van der Waals surface area contributed by atoms with Gasteiger partial charge in [0.05, 0.1) is 7.11 Å². The van der Waals surface area contributed by atoms with E-state index < -0.39 is 5.82 Å². The molecule has 0 atom stereocenters. The molecule has 8 heteroatoms. The third-order valence-corrected chi connectivity index (χ3v) is 3.67. The number of benzene rings is 1. The highest BCUT2D eigenvalue weighted by Gasteiger charge is 2.11. The predicted molar refractivity (Wildman–Crippen MR) is 114 cm³/mol. The molecule has 0 fully saturated rings. The molecule has 148 valence electrons. The Morgan fingerprint density at radius 1 is 1.31 bits per heavy atom. The molecular weight excluding hydrogens is 450 g/mol. The van der Waals surface area contributed by atoms with Gasteiger partial charge in [0.2, 0.25) is 5.91 Å². The topological polar surface area (TPSA) is 57.2 Å². The van der Waals surface area contributed by atoms with Gasteiger partial charge in [0.25, 0.3) is 0 Å². The number of aliphatic imine (C=N–C) groups is 1. The Bertz CT molecular complexity index is 597. The summed E-state index contributed by atoms with van der Waals surface area (Å²) in [6, 6.07) is 4.87. The molecule has 0 radical (unpaired) electrons. The van der Waals surface area contributed by atoms with E-state index in [2.05, 4.69) is 17.2 Å². The van der Waals surface area contributed by atoms with Crippen molar-refractivity contribution in [2.24, 2.45) is 4.99 Å². The van der Waals surface area contributed by atoms with Gasteiger partial charge in [-0.25, -0.2) is 9.38 Å². The first-order valence-electron chi connectivity index (χ1n) is 8.41. The molecule has 6 nitrogen and oxygen atoms in total. The number of carbonyl (C=O) groups excluding carboxylic acids is 1. The van der Waals surface area contributed by atoms with E-state index in [1.165, 1.54) is 18.1 Å². The maximum atomic E-state index is 13.9. The zero-order valence-electron chi connectivity index (χ0n) is 16.2. The summed E-state index contributed by atoms with van der Waals surface area (Å²) in [6.07, 6.45) is 2.07. The zero-order chi connectivity index (χ0) is 18.8. The third kappa shape index (κ3) is 8.20. The van der Waals surface area contributed by atoms with Crippen LogP contribution in [-0.4, -0.2) is 63.0 Å². The summed E-state index contributed by atoms with van der Waals surface area (Å²) in [6.45, 7) is 3.42. The van der Waals surface area contributed by atoms with Gasteiger partial charge in [-0.05, 0) is 24.1 Å². The summed E-state index contributed by atoms with van der Waals surface area (Å²) in [5.74, 6) is 0.380. The lowest BCUT2D eigenvalue weighted by Gasteiger charge is -2.23. The van der Waals surface area contributed by atoms with Crippen LogP contribution in [-0.2, 0) is 11.3 Å². The lowest BCUT2D eigenvalue weighted by Crippen LogP contribution is -2.40. The molecule has 1 rings (SSSR count). The minimum absolute atomic E-state index is 0. The van der Waals surface area contributed by atoms with Crippen molar-refractivity contribution in [2.75, 3.05) is 41.3 Å². The van der Waals surface area contributed by atoms with Gasteiger partial charge in [-0.1, -0.05) is 19.4 Å². The largest absolute Gasteiger partial charge is 0.494 e. The van der Waals surface area contributed by atoms with Gasteiger partial charge in [0.15, 0.2) is 17.5 Å². The Balaban J connectivity index is 0.00000625. The number of unbranched alkanes of at least 4 members (excludes halogenated alkanes) is 1. The smallest absolute Gasteiger partial charge is 0.243 e. The van der Waals surface area contributed by atoms with Crippen molar-refractivity contribution in [3.05, 3.63) is 29.6 Å². The van der Waals surface area contributed by atoms with E-state index in [0.717, 1.165) is 24.9 Å². The van der Waals surface area contributed by atoms with Crippen LogP contribution in [0.1, 0.15) is 25.3 Å². The van der Waals surface area contributed by atoms with E-state index in [0.29, 0.717) is 12.5 Å². The quantitative estimate of drug-likeness (QED) is 0.269. The average molecular weight is 480 g/mol. The number of nitrogens with zero attached hydrogens (tertiary/aromatic N) is 3. The molecule has 1 aromatic rings. The van der Waals surface area contributed by atoms with Gasteiger partial charge < -0.3 is 19.9 Å². The molecular formula is C18H30FIN4O2. The number of amides is 1. The summed E-state index contributed by atoms with van der Waals surface area (Å²) >= 11 is 0. The molecule has 0 aliphatic carbocycles.